The summed E-state index contributed by atoms with van der Waals surface area (Å²) in [5.41, 5.74) is 1.37. The lowest BCUT2D eigenvalue weighted by atomic mass is 10.3. The second-order valence-electron chi connectivity index (χ2n) is 3.93. The molecular weight excluding hydrogens is 250 g/mol. The molecule has 0 unspecified atom stereocenters. The van der Waals surface area contributed by atoms with Crippen molar-refractivity contribution in [3.63, 3.8) is 0 Å². The van der Waals surface area contributed by atoms with E-state index in [-0.39, 0.29) is 0 Å². The van der Waals surface area contributed by atoms with Crippen molar-refractivity contribution < 1.29 is 4.42 Å². The Balaban J connectivity index is 1.80. The first-order valence-corrected chi connectivity index (χ1v) is 7.87. The van der Waals surface area contributed by atoms with Crippen LogP contribution in [0.1, 0.15) is 22.0 Å². The van der Waals surface area contributed by atoms with Gasteiger partial charge >= 0.3 is 0 Å². The first-order chi connectivity index (χ1) is 8.29. The Morgan fingerprint density at radius 3 is 2.76 bits per heavy atom. The van der Waals surface area contributed by atoms with Crippen LogP contribution in [0.25, 0.3) is 0 Å². The third-order valence-electron chi connectivity index (χ3n) is 2.56. The highest BCUT2D eigenvalue weighted by atomic mass is 32.2. The maximum Gasteiger partial charge on any atom is 0.118 e. The summed E-state index contributed by atoms with van der Waals surface area (Å²) in [5, 5.41) is 5.54. The van der Waals surface area contributed by atoms with Crippen molar-refractivity contribution in [3.8, 4) is 0 Å². The van der Waals surface area contributed by atoms with Crippen LogP contribution < -0.4 is 5.32 Å². The third kappa shape index (κ3) is 3.63. The number of nitrogens with one attached hydrogen (secondary N) is 1. The second kappa shape index (κ2) is 6.28. The van der Waals surface area contributed by atoms with Gasteiger partial charge in [-0.1, -0.05) is 0 Å². The average Bonchev–Trinajstić information content (AvgIpc) is 2.90. The van der Waals surface area contributed by atoms with Crippen LogP contribution >= 0.6 is 23.1 Å². The molecule has 0 amide bonds. The van der Waals surface area contributed by atoms with Crippen LogP contribution in [0.3, 0.4) is 0 Å². The molecular formula is C13H17NOS2. The lowest BCUT2D eigenvalue weighted by molar-refractivity contribution is 0.459. The molecule has 0 aromatic carbocycles. The molecule has 0 spiro atoms. The molecule has 0 saturated heterocycles. The summed E-state index contributed by atoms with van der Waals surface area (Å²) < 4.78 is 5.69. The number of hydrogen-bond acceptors (Lipinski definition) is 4. The summed E-state index contributed by atoms with van der Waals surface area (Å²) >= 11 is 3.58. The van der Waals surface area contributed by atoms with Gasteiger partial charge in [-0.15, -0.1) is 11.3 Å². The molecule has 0 aliphatic carbocycles. The molecule has 0 aliphatic heterocycles. The van der Waals surface area contributed by atoms with Gasteiger partial charge in [0.2, 0.25) is 0 Å². The first-order valence-electron chi connectivity index (χ1n) is 5.60. The molecule has 2 heterocycles. The lowest BCUT2D eigenvalue weighted by Gasteiger charge is -2.01. The third-order valence-corrected chi connectivity index (χ3v) is 4.15. The topological polar surface area (TPSA) is 25.2 Å². The fourth-order valence-corrected chi connectivity index (χ4v) is 2.94. The minimum Gasteiger partial charge on any atom is -0.464 e. The van der Waals surface area contributed by atoms with E-state index in [1.165, 1.54) is 10.4 Å². The molecule has 4 heteroatoms. The van der Waals surface area contributed by atoms with Gasteiger partial charge in [0.15, 0.2) is 0 Å². The highest BCUT2D eigenvalue weighted by molar-refractivity contribution is 7.97. The molecule has 2 nitrogen and oxygen atoms in total. The monoisotopic (exact) mass is 267 g/mol. The van der Waals surface area contributed by atoms with Gasteiger partial charge in [0.1, 0.15) is 11.5 Å². The van der Waals surface area contributed by atoms with Gasteiger partial charge in [-0.3, -0.25) is 0 Å². The normalized spacial score (nSPS) is 10.9. The summed E-state index contributed by atoms with van der Waals surface area (Å²) in [4.78, 5) is 1.40. The van der Waals surface area contributed by atoms with Gasteiger partial charge in [-0.05, 0) is 42.3 Å². The second-order valence-corrected chi connectivity index (χ2v) is 5.80. The van der Waals surface area contributed by atoms with Gasteiger partial charge in [0.25, 0.3) is 0 Å². The highest BCUT2D eigenvalue weighted by Gasteiger charge is 2.02. The quantitative estimate of drug-likeness (QED) is 0.861. The molecule has 0 bridgehead atoms. The Morgan fingerprint density at radius 2 is 2.06 bits per heavy atom. The molecule has 2 aromatic rings. The van der Waals surface area contributed by atoms with E-state index < -0.39 is 0 Å². The molecule has 2 rings (SSSR count). The zero-order valence-corrected chi connectivity index (χ0v) is 11.8. The van der Waals surface area contributed by atoms with Crippen LogP contribution in [-0.2, 0) is 18.8 Å². The minimum atomic E-state index is 0.797. The van der Waals surface area contributed by atoms with Crippen LogP contribution in [0, 0.1) is 6.92 Å². The maximum absolute atomic E-state index is 5.69. The van der Waals surface area contributed by atoms with E-state index in [1.54, 1.807) is 23.1 Å². The predicted octanol–water partition coefficient (Wildman–Crippen LogP) is 3.80. The van der Waals surface area contributed by atoms with Crippen LogP contribution in [0.4, 0.5) is 0 Å². The summed E-state index contributed by atoms with van der Waals surface area (Å²) in [6, 6.07) is 6.27. The Labute approximate surface area is 110 Å². The van der Waals surface area contributed by atoms with Crippen molar-refractivity contribution in [2.45, 2.75) is 25.8 Å². The summed E-state index contributed by atoms with van der Waals surface area (Å²) in [6.07, 6.45) is 2.08. The molecule has 1 N–H and O–H groups in total. The van der Waals surface area contributed by atoms with Crippen molar-refractivity contribution in [3.05, 3.63) is 45.5 Å². The van der Waals surface area contributed by atoms with E-state index in [2.05, 4.69) is 42.1 Å². The Hall–Kier alpha value is -0.710. The average molecular weight is 267 g/mol. The molecule has 0 saturated carbocycles. The van der Waals surface area contributed by atoms with Gasteiger partial charge in [0, 0.05) is 11.4 Å². The molecule has 2 aromatic heterocycles. The Morgan fingerprint density at radius 1 is 1.24 bits per heavy atom. The van der Waals surface area contributed by atoms with E-state index >= 15 is 0 Å². The smallest absolute Gasteiger partial charge is 0.118 e. The maximum atomic E-state index is 5.69. The lowest BCUT2D eigenvalue weighted by Crippen LogP contribution is -2.11. The molecule has 0 aliphatic rings. The SMILES string of the molecule is CSCc1ccc(CNCc2sccc2C)o1. The van der Waals surface area contributed by atoms with Crippen molar-refractivity contribution in [2.75, 3.05) is 6.26 Å². The number of aryl methyl sites for hydroxylation is 1. The standard InChI is InChI=1S/C13H17NOS2/c1-10-5-6-17-13(10)8-14-7-11-3-4-12(15-11)9-16-2/h3-6,14H,7-9H2,1-2H3. The van der Waals surface area contributed by atoms with Crippen molar-refractivity contribution in [2.24, 2.45) is 0 Å². The van der Waals surface area contributed by atoms with Gasteiger partial charge in [-0.25, -0.2) is 0 Å². The van der Waals surface area contributed by atoms with E-state index in [0.717, 1.165) is 30.4 Å². The van der Waals surface area contributed by atoms with Gasteiger partial charge in [-0.2, -0.15) is 11.8 Å². The van der Waals surface area contributed by atoms with E-state index in [1.807, 2.05) is 0 Å². The van der Waals surface area contributed by atoms with Crippen LogP contribution in [0.5, 0.6) is 0 Å². The summed E-state index contributed by atoms with van der Waals surface area (Å²) in [5.74, 6) is 3.02. The van der Waals surface area contributed by atoms with Crippen molar-refractivity contribution in [1.29, 1.82) is 0 Å². The van der Waals surface area contributed by atoms with Crippen LogP contribution in [0.15, 0.2) is 28.0 Å². The number of thiophene rings is 1. The molecule has 92 valence electrons. The number of thioether (sulfide) groups is 1. The Bertz CT molecular complexity index is 461. The van der Waals surface area contributed by atoms with Gasteiger partial charge < -0.3 is 9.73 Å². The number of hydrogen-bond donors (Lipinski definition) is 1. The fourth-order valence-electron chi connectivity index (χ4n) is 1.62. The summed E-state index contributed by atoms with van der Waals surface area (Å²) in [6.45, 7) is 3.87. The number of rotatable bonds is 6. The highest BCUT2D eigenvalue weighted by Crippen LogP contribution is 2.16. The van der Waals surface area contributed by atoms with Crippen LogP contribution in [-0.4, -0.2) is 6.26 Å². The number of furan rings is 1. The molecule has 0 radical (unpaired) electrons. The van der Waals surface area contributed by atoms with E-state index in [0.29, 0.717) is 0 Å². The Kier molecular flexibility index (Phi) is 4.71. The zero-order valence-electron chi connectivity index (χ0n) is 10.2. The minimum absolute atomic E-state index is 0.797. The fraction of sp³-hybridized carbons (Fsp3) is 0.385. The zero-order chi connectivity index (χ0) is 12.1. The molecule has 0 atom stereocenters. The molecule has 17 heavy (non-hydrogen) atoms. The van der Waals surface area contributed by atoms with Crippen molar-refractivity contribution in [1.82, 2.24) is 5.32 Å². The predicted molar refractivity (Wildman–Crippen MR) is 75.5 cm³/mol. The first kappa shape index (κ1) is 12.7. The molecule has 0 fully saturated rings. The van der Waals surface area contributed by atoms with Crippen molar-refractivity contribution >= 4 is 23.1 Å². The largest absolute Gasteiger partial charge is 0.464 e. The van der Waals surface area contributed by atoms with Crippen LogP contribution in [0.2, 0.25) is 0 Å². The van der Waals surface area contributed by atoms with Gasteiger partial charge in [0.05, 0.1) is 12.3 Å². The summed E-state index contributed by atoms with van der Waals surface area (Å²) in [7, 11) is 0. The van der Waals surface area contributed by atoms with E-state index in [4.69, 9.17) is 4.42 Å². The van der Waals surface area contributed by atoms with E-state index in [9.17, 15) is 0 Å².